The van der Waals surface area contributed by atoms with Gasteiger partial charge in [-0.15, -0.1) is 0 Å². The van der Waals surface area contributed by atoms with E-state index in [-0.39, 0.29) is 17.4 Å². The molecule has 0 spiro atoms. The van der Waals surface area contributed by atoms with Crippen molar-refractivity contribution in [2.24, 2.45) is 0 Å². The lowest BCUT2D eigenvalue weighted by molar-refractivity contribution is 0.0858. The number of aromatic nitrogens is 2. The molecule has 32 heavy (non-hydrogen) atoms. The summed E-state index contributed by atoms with van der Waals surface area (Å²) in [6.07, 6.45) is 4.71. The number of carbonyl (C=O) groups excluding carboxylic acids is 1. The van der Waals surface area contributed by atoms with Crippen molar-refractivity contribution in [2.45, 2.75) is 68.9 Å². The Morgan fingerprint density at radius 2 is 1.91 bits per heavy atom. The maximum absolute atomic E-state index is 12.4. The fourth-order valence-electron chi connectivity index (χ4n) is 3.98. The maximum atomic E-state index is 12.4. The first-order valence-electron chi connectivity index (χ1n) is 11.6. The lowest BCUT2D eigenvalue weighted by Gasteiger charge is -2.23. The molecule has 4 rings (SSSR count). The van der Waals surface area contributed by atoms with Gasteiger partial charge in [0.05, 0.1) is 11.8 Å². The molecule has 1 N–H and O–H groups in total. The van der Waals surface area contributed by atoms with Crippen LogP contribution in [0.5, 0.6) is 0 Å². The van der Waals surface area contributed by atoms with Crippen LogP contribution in [0.25, 0.3) is 0 Å². The van der Waals surface area contributed by atoms with Crippen LogP contribution >= 0.6 is 11.8 Å². The molecule has 0 radical (unpaired) electrons. The predicted molar refractivity (Wildman–Crippen MR) is 129 cm³/mol. The van der Waals surface area contributed by atoms with E-state index >= 15 is 0 Å². The highest BCUT2D eigenvalue weighted by Gasteiger charge is 2.22. The Hall–Kier alpha value is -2.12. The van der Waals surface area contributed by atoms with Gasteiger partial charge in [0.25, 0.3) is 5.91 Å². The Balaban J connectivity index is 1.38. The number of carbonyl (C=O) groups is 1. The van der Waals surface area contributed by atoms with Crippen molar-refractivity contribution in [3.05, 3.63) is 47.2 Å². The average Bonchev–Trinajstić information content (AvgIpc) is 3.50. The first-order chi connectivity index (χ1) is 15.4. The molecule has 2 aliphatic rings. The van der Waals surface area contributed by atoms with Gasteiger partial charge in [-0.25, -0.2) is 9.97 Å². The molecule has 3 heterocycles. The van der Waals surface area contributed by atoms with E-state index in [1.807, 2.05) is 24.3 Å². The Kier molecular flexibility index (Phi) is 7.36. The summed E-state index contributed by atoms with van der Waals surface area (Å²) in [5.74, 6) is 1.77. The first kappa shape index (κ1) is 23.1. The summed E-state index contributed by atoms with van der Waals surface area (Å²) >= 11 is 1.65. The second-order valence-corrected chi connectivity index (χ2v) is 10.6. The van der Waals surface area contributed by atoms with E-state index in [0.717, 1.165) is 60.5 Å². The zero-order valence-corrected chi connectivity index (χ0v) is 20.2. The van der Waals surface area contributed by atoms with Crippen LogP contribution in [0.15, 0.2) is 35.5 Å². The highest BCUT2D eigenvalue weighted by atomic mass is 32.2. The van der Waals surface area contributed by atoms with Crippen molar-refractivity contribution >= 4 is 23.5 Å². The normalized spacial score (nSPS) is 18.8. The van der Waals surface area contributed by atoms with Crippen LogP contribution in [0.2, 0.25) is 0 Å². The monoisotopic (exact) mass is 454 g/mol. The average molecular weight is 455 g/mol. The molecule has 0 aliphatic carbocycles. The lowest BCUT2D eigenvalue weighted by Crippen LogP contribution is -2.31. The van der Waals surface area contributed by atoms with Crippen molar-refractivity contribution in [3.63, 3.8) is 0 Å². The molecule has 1 amide bonds. The summed E-state index contributed by atoms with van der Waals surface area (Å²) in [6.45, 7) is 10.1. The minimum Gasteiger partial charge on any atom is -0.376 e. The van der Waals surface area contributed by atoms with Gasteiger partial charge >= 0.3 is 0 Å². The van der Waals surface area contributed by atoms with Crippen LogP contribution in [-0.2, 0) is 15.9 Å². The third kappa shape index (κ3) is 6.01. The van der Waals surface area contributed by atoms with Gasteiger partial charge in [0, 0.05) is 49.0 Å². The number of hydrogen-bond acceptors (Lipinski definition) is 6. The molecule has 6 nitrogen and oxygen atoms in total. The fourth-order valence-corrected chi connectivity index (χ4v) is 4.79. The number of nitrogens with zero attached hydrogens (tertiary/aromatic N) is 3. The van der Waals surface area contributed by atoms with Gasteiger partial charge < -0.3 is 15.0 Å². The Bertz CT molecular complexity index is 915. The zero-order valence-electron chi connectivity index (χ0n) is 19.4. The SMILES string of the molecule is CC(C)(C)c1cc(N2CCCC2)nc(SCc2ccc(C(=O)NCC3CCCO3)cc2)n1. The van der Waals surface area contributed by atoms with Crippen LogP contribution in [-0.4, -0.2) is 48.2 Å². The quantitative estimate of drug-likeness (QED) is 0.488. The number of hydrogen-bond donors (Lipinski definition) is 1. The maximum Gasteiger partial charge on any atom is 0.251 e. The van der Waals surface area contributed by atoms with E-state index in [2.05, 4.69) is 37.1 Å². The molecule has 2 saturated heterocycles. The predicted octanol–water partition coefficient (Wildman–Crippen LogP) is 4.58. The standard InChI is InChI=1S/C25H34N4O2S/c1-25(2,3)21-15-22(29-12-4-5-13-29)28-24(27-21)32-17-18-8-10-19(11-9-18)23(30)26-16-20-7-6-14-31-20/h8-11,15,20H,4-7,12-14,16-17H2,1-3H3,(H,26,30). The molecule has 1 unspecified atom stereocenters. The highest BCUT2D eigenvalue weighted by Crippen LogP contribution is 2.29. The molecule has 7 heteroatoms. The zero-order chi connectivity index (χ0) is 22.6. The number of anilines is 1. The van der Waals surface area contributed by atoms with Gasteiger partial charge in [0.1, 0.15) is 5.82 Å². The van der Waals surface area contributed by atoms with E-state index < -0.39 is 0 Å². The molecule has 2 aromatic rings. The van der Waals surface area contributed by atoms with Gasteiger partial charge in [-0.3, -0.25) is 4.79 Å². The second kappa shape index (κ2) is 10.2. The summed E-state index contributed by atoms with van der Waals surface area (Å²) in [7, 11) is 0. The molecule has 1 aromatic carbocycles. The summed E-state index contributed by atoms with van der Waals surface area (Å²) in [6, 6.07) is 9.97. The van der Waals surface area contributed by atoms with Crippen molar-refractivity contribution < 1.29 is 9.53 Å². The van der Waals surface area contributed by atoms with Crippen molar-refractivity contribution in [1.82, 2.24) is 15.3 Å². The third-order valence-corrected chi connectivity index (χ3v) is 6.91. The molecular weight excluding hydrogens is 420 g/mol. The lowest BCUT2D eigenvalue weighted by atomic mass is 9.92. The van der Waals surface area contributed by atoms with E-state index in [9.17, 15) is 4.79 Å². The molecule has 2 fully saturated rings. The van der Waals surface area contributed by atoms with Gasteiger partial charge in [-0.1, -0.05) is 44.7 Å². The largest absolute Gasteiger partial charge is 0.376 e. The number of nitrogens with one attached hydrogen (secondary N) is 1. The van der Waals surface area contributed by atoms with Gasteiger partial charge in [0.2, 0.25) is 0 Å². The molecule has 0 bridgehead atoms. The molecule has 172 valence electrons. The Labute approximate surface area is 195 Å². The summed E-state index contributed by atoms with van der Waals surface area (Å²) in [4.78, 5) is 24.5. The van der Waals surface area contributed by atoms with Gasteiger partial charge in [-0.2, -0.15) is 0 Å². The van der Waals surface area contributed by atoms with E-state index in [1.54, 1.807) is 11.8 Å². The Morgan fingerprint density at radius 1 is 1.16 bits per heavy atom. The minimum absolute atomic E-state index is 0.0225. The van der Waals surface area contributed by atoms with Crippen LogP contribution in [0.3, 0.4) is 0 Å². The Morgan fingerprint density at radius 3 is 2.56 bits per heavy atom. The first-order valence-corrected chi connectivity index (χ1v) is 12.6. The summed E-state index contributed by atoms with van der Waals surface area (Å²) in [5.41, 5.74) is 2.89. The van der Waals surface area contributed by atoms with Crippen molar-refractivity contribution in [3.8, 4) is 0 Å². The number of amides is 1. The number of benzene rings is 1. The van der Waals surface area contributed by atoms with Gasteiger partial charge in [-0.05, 0) is 43.4 Å². The summed E-state index contributed by atoms with van der Waals surface area (Å²) in [5, 5.41) is 3.79. The molecule has 1 atom stereocenters. The second-order valence-electron chi connectivity index (χ2n) is 9.67. The third-order valence-electron chi connectivity index (χ3n) is 5.99. The molecule has 1 aromatic heterocycles. The van der Waals surface area contributed by atoms with Crippen LogP contribution in [0, 0.1) is 0 Å². The van der Waals surface area contributed by atoms with Gasteiger partial charge in [0.15, 0.2) is 5.16 Å². The topological polar surface area (TPSA) is 67.4 Å². The molecule has 0 saturated carbocycles. The van der Waals surface area contributed by atoms with E-state index in [1.165, 1.54) is 12.8 Å². The smallest absolute Gasteiger partial charge is 0.251 e. The number of rotatable bonds is 7. The molecule has 2 aliphatic heterocycles. The highest BCUT2D eigenvalue weighted by molar-refractivity contribution is 7.98. The van der Waals surface area contributed by atoms with Crippen molar-refractivity contribution in [2.75, 3.05) is 31.1 Å². The molecular formula is C25H34N4O2S. The van der Waals surface area contributed by atoms with Crippen LogP contribution in [0.4, 0.5) is 5.82 Å². The summed E-state index contributed by atoms with van der Waals surface area (Å²) < 4.78 is 5.57. The minimum atomic E-state index is -0.0452. The fraction of sp³-hybridized carbons (Fsp3) is 0.560. The van der Waals surface area contributed by atoms with E-state index in [4.69, 9.17) is 14.7 Å². The van der Waals surface area contributed by atoms with Crippen LogP contribution in [0.1, 0.15) is 68.1 Å². The number of thioether (sulfide) groups is 1. The van der Waals surface area contributed by atoms with E-state index in [0.29, 0.717) is 12.1 Å². The van der Waals surface area contributed by atoms with Crippen molar-refractivity contribution in [1.29, 1.82) is 0 Å². The van der Waals surface area contributed by atoms with Crippen LogP contribution < -0.4 is 10.2 Å². The number of ether oxygens (including phenoxy) is 1.